The molecule has 1 heterocycles. The molecular formula is C19H21F3O4. The monoisotopic (exact) mass is 370 g/mol. The molecule has 2 N–H and O–H groups in total. The second kappa shape index (κ2) is 7.40. The molecule has 0 radical (unpaired) electrons. The molecule has 0 unspecified atom stereocenters. The summed E-state index contributed by atoms with van der Waals surface area (Å²) in [6.45, 7) is 0. The molecule has 1 saturated heterocycles. The van der Waals surface area contributed by atoms with E-state index in [9.17, 15) is 28.2 Å². The fraction of sp³-hybridized carbons (Fsp3) is 0.526. The summed E-state index contributed by atoms with van der Waals surface area (Å²) in [6.07, 6.45) is -1.64. The van der Waals surface area contributed by atoms with Crippen molar-refractivity contribution < 1.29 is 32.9 Å². The number of halogens is 3. The van der Waals surface area contributed by atoms with Crippen molar-refractivity contribution in [2.24, 2.45) is 11.8 Å². The zero-order valence-electron chi connectivity index (χ0n) is 14.0. The first-order valence-corrected chi connectivity index (χ1v) is 8.64. The summed E-state index contributed by atoms with van der Waals surface area (Å²) < 4.78 is 43.3. The number of carbonyl (C=O) groups is 1. The number of hydrogen-bond acceptors (Lipinski definition) is 4. The molecular weight excluding hydrogens is 349 g/mol. The first-order chi connectivity index (χ1) is 12.2. The van der Waals surface area contributed by atoms with Crippen molar-refractivity contribution in [3.8, 4) is 0 Å². The van der Waals surface area contributed by atoms with Gasteiger partial charge in [-0.15, -0.1) is 0 Å². The van der Waals surface area contributed by atoms with E-state index in [1.54, 1.807) is 18.2 Å². The minimum Gasteiger partial charge on any atom is -0.462 e. The van der Waals surface area contributed by atoms with E-state index in [-0.39, 0.29) is 36.8 Å². The summed E-state index contributed by atoms with van der Waals surface area (Å²) in [7, 11) is 0. The van der Waals surface area contributed by atoms with Crippen LogP contribution in [0.3, 0.4) is 0 Å². The van der Waals surface area contributed by atoms with E-state index in [1.165, 1.54) is 6.07 Å². The standard InChI is InChI=1S/C19H21F3O4/c20-19(21,22)12-3-1-2-11(8-12)4-5-13(23)6-7-14-15-9-18(25)26-17(15)10-16(14)24/h1-3,6-8,13-17,23-24H,4-5,9-10H2/b7-6+/t13-,14+,15+,16+,17-/m0/s1. The number of aliphatic hydroxyl groups is 2. The minimum atomic E-state index is -4.38. The van der Waals surface area contributed by atoms with E-state index < -0.39 is 23.9 Å². The van der Waals surface area contributed by atoms with Gasteiger partial charge < -0.3 is 14.9 Å². The maximum absolute atomic E-state index is 12.7. The number of fused-ring (bicyclic) bond motifs is 1. The van der Waals surface area contributed by atoms with Crippen LogP contribution in [-0.4, -0.2) is 34.5 Å². The van der Waals surface area contributed by atoms with Gasteiger partial charge in [-0.05, 0) is 24.5 Å². The Kier molecular flexibility index (Phi) is 5.39. The van der Waals surface area contributed by atoms with Gasteiger partial charge in [-0.2, -0.15) is 13.2 Å². The summed E-state index contributed by atoms with van der Waals surface area (Å²) in [5, 5.41) is 20.2. The highest BCUT2D eigenvalue weighted by molar-refractivity contribution is 5.72. The molecule has 1 aliphatic heterocycles. The number of aryl methyl sites for hydroxylation is 1. The van der Waals surface area contributed by atoms with E-state index in [0.717, 1.165) is 12.1 Å². The lowest BCUT2D eigenvalue weighted by atomic mass is 9.91. The molecule has 26 heavy (non-hydrogen) atoms. The van der Waals surface area contributed by atoms with Crippen LogP contribution in [0.1, 0.15) is 30.4 Å². The Balaban J connectivity index is 1.55. The van der Waals surface area contributed by atoms with Gasteiger partial charge in [0.2, 0.25) is 0 Å². The first-order valence-electron chi connectivity index (χ1n) is 8.64. The van der Waals surface area contributed by atoms with Crippen molar-refractivity contribution >= 4 is 5.97 Å². The Labute approximate surface area is 149 Å². The van der Waals surface area contributed by atoms with Crippen molar-refractivity contribution in [3.63, 3.8) is 0 Å². The molecule has 0 bridgehead atoms. The molecule has 1 saturated carbocycles. The quantitative estimate of drug-likeness (QED) is 0.618. The minimum absolute atomic E-state index is 0.0792. The number of rotatable bonds is 5. The van der Waals surface area contributed by atoms with E-state index in [1.807, 2.05) is 0 Å². The molecule has 1 aromatic rings. The van der Waals surface area contributed by atoms with Crippen LogP contribution in [0.5, 0.6) is 0 Å². The zero-order chi connectivity index (χ0) is 18.9. The molecule has 2 fully saturated rings. The summed E-state index contributed by atoms with van der Waals surface area (Å²) in [4.78, 5) is 11.3. The number of alkyl halides is 3. The summed E-state index contributed by atoms with van der Waals surface area (Å²) >= 11 is 0. The Morgan fingerprint density at radius 2 is 2.12 bits per heavy atom. The van der Waals surface area contributed by atoms with Crippen LogP contribution in [0, 0.1) is 11.8 Å². The van der Waals surface area contributed by atoms with Crippen LogP contribution in [0.25, 0.3) is 0 Å². The molecule has 3 rings (SSSR count). The van der Waals surface area contributed by atoms with Gasteiger partial charge in [0.05, 0.1) is 24.2 Å². The Morgan fingerprint density at radius 3 is 2.85 bits per heavy atom. The van der Waals surface area contributed by atoms with Crippen LogP contribution >= 0.6 is 0 Å². The first kappa shape index (κ1) is 18.9. The van der Waals surface area contributed by atoms with E-state index in [0.29, 0.717) is 18.4 Å². The summed E-state index contributed by atoms with van der Waals surface area (Å²) in [6, 6.07) is 5.05. The van der Waals surface area contributed by atoms with Crippen LogP contribution < -0.4 is 0 Å². The zero-order valence-corrected chi connectivity index (χ0v) is 14.0. The third-order valence-electron chi connectivity index (χ3n) is 5.11. The van der Waals surface area contributed by atoms with Crippen LogP contribution in [0.2, 0.25) is 0 Å². The average Bonchev–Trinajstić information content (AvgIpc) is 3.05. The Hall–Kier alpha value is -1.86. The topological polar surface area (TPSA) is 66.8 Å². The fourth-order valence-corrected chi connectivity index (χ4v) is 3.76. The van der Waals surface area contributed by atoms with Gasteiger partial charge >= 0.3 is 12.1 Å². The lowest BCUT2D eigenvalue weighted by molar-refractivity contribution is -0.142. The van der Waals surface area contributed by atoms with Crippen LogP contribution in [-0.2, 0) is 22.1 Å². The predicted molar refractivity (Wildman–Crippen MR) is 87.0 cm³/mol. The van der Waals surface area contributed by atoms with Gasteiger partial charge in [0, 0.05) is 18.3 Å². The molecule has 7 heteroatoms. The van der Waals surface area contributed by atoms with Crippen molar-refractivity contribution in [1.82, 2.24) is 0 Å². The lowest BCUT2D eigenvalue weighted by Gasteiger charge is -2.15. The molecule has 0 aromatic heterocycles. The van der Waals surface area contributed by atoms with Gasteiger partial charge in [0.1, 0.15) is 6.10 Å². The second-order valence-corrected chi connectivity index (χ2v) is 6.97. The van der Waals surface area contributed by atoms with E-state index in [4.69, 9.17) is 4.74 Å². The number of hydrogen-bond donors (Lipinski definition) is 2. The van der Waals surface area contributed by atoms with E-state index in [2.05, 4.69) is 0 Å². The SMILES string of the molecule is O=C1C[C@@H]2[C@@H](/C=C/[C@@H](O)CCc3cccc(C(F)(F)F)c3)[C@H](O)C[C@@H]2O1. The van der Waals surface area contributed by atoms with Crippen molar-refractivity contribution in [2.75, 3.05) is 0 Å². The van der Waals surface area contributed by atoms with Crippen LogP contribution in [0.4, 0.5) is 13.2 Å². The molecule has 0 spiro atoms. The Bertz CT molecular complexity index is 686. The lowest BCUT2D eigenvalue weighted by Crippen LogP contribution is -2.18. The largest absolute Gasteiger partial charge is 0.462 e. The van der Waals surface area contributed by atoms with Gasteiger partial charge in [-0.1, -0.05) is 30.4 Å². The summed E-state index contributed by atoms with van der Waals surface area (Å²) in [5.74, 6) is -0.602. The van der Waals surface area contributed by atoms with Crippen molar-refractivity contribution in [1.29, 1.82) is 0 Å². The predicted octanol–water partition coefficient (Wildman–Crippen LogP) is 2.87. The number of benzene rings is 1. The average molecular weight is 370 g/mol. The maximum atomic E-state index is 12.7. The van der Waals surface area contributed by atoms with Gasteiger partial charge in [-0.25, -0.2) is 0 Å². The summed E-state index contributed by atoms with van der Waals surface area (Å²) in [5.41, 5.74) is -0.200. The highest BCUT2D eigenvalue weighted by Crippen LogP contribution is 2.42. The maximum Gasteiger partial charge on any atom is 0.416 e. The number of carbonyl (C=O) groups excluding carboxylic acids is 1. The van der Waals surface area contributed by atoms with Crippen LogP contribution in [0.15, 0.2) is 36.4 Å². The molecule has 142 valence electrons. The highest BCUT2D eigenvalue weighted by Gasteiger charge is 2.48. The molecule has 4 nitrogen and oxygen atoms in total. The Morgan fingerprint density at radius 1 is 1.35 bits per heavy atom. The number of aliphatic hydroxyl groups excluding tert-OH is 2. The third-order valence-corrected chi connectivity index (χ3v) is 5.11. The molecule has 1 aromatic carbocycles. The molecule has 0 amide bonds. The van der Waals surface area contributed by atoms with Gasteiger partial charge in [0.25, 0.3) is 0 Å². The molecule has 1 aliphatic carbocycles. The van der Waals surface area contributed by atoms with Crippen molar-refractivity contribution in [3.05, 3.63) is 47.5 Å². The number of esters is 1. The third kappa shape index (κ3) is 4.27. The molecule has 5 atom stereocenters. The smallest absolute Gasteiger partial charge is 0.416 e. The fourth-order valence-electron chi connectivity index (χ4n) is 3.76. The van der Waals surface area contributed by atoms with Gasteiger partial charge in [-0.3, -0.25) is 4.79 Å². The van der Waals surface area contributed by atoms with Crippen molar-refractivity contribution in [2.45, 2.75) is 50.2 Å². The molecule has 2 aliphatic rings. The van der Waals surface area contributed by atoms with E-state index >= 15 is 0 Å². The second-order valence-electron chi connectivity index (χ2n) is 6.97. The normalized spacial score (nSPS) is 29.8. The highest BCUT2D eigenvalue weighted by atomic mass is 19.4. The van der Waals surface area contributed by atoms with Gasteiger partial charge in [0.15, 0.2) is 0 Å². The number of ether oxygens (including phenoxy) is 1.